The summed E-state index contributed by atoms with van der Waals surface area (Å²) in [5, 5.41) is 13.7. The van der Waals surface area contributed by atoms with Crippen LogP contribution in [0.4, 0.5) is 0 Å². The number of benzene rings is 2. The molecule has 0 radical (unpaired) electrons. The number of hydrogen-bond acceptors (Lipinski definition) is 6. The topological polar surface area (TPSA) is 90.7 Å². The van der Waals surface area contributed by atoms with Gasteiger partial charge in [0.05, 0.1) is 30.5 Å². The van der Waals surface area contributed by atoms with Crippen LogP contribution in [0.15, 0.2) is 66.7 Å². The lowest BCUT2D eigenvalue weighted by molar-refractivity contribution is 0.0702. The number of rotatable bonds is 7. The Balaban J connectivity index is 1.80. The Kier molecular flexibility index (Phi) is 5.55. The summed E-state index contributed by atoms with van der Waals surface area (Å²) in [5.74, 6) is 0.0274. The smallest absolute Gasteiger partial charge is 0.345 e. The standard InChI is InChI=1S/C23H18N2O5S/c1-29-16-7-3-14(4-8-16)19-13-18(22(26)20-11-12-21(31-20)23(27)28)24-25(19)15-5-9-17(30-2)10-6-15/h3-13H,1-2H3,(H,27,28). The minimum absolute atomic E-state index is 0.105. The van der Waals surface area contributed by atoms with E-state index >= 15 is 0 Å². The molecule has 2 aromatic carbocycles. The maximum absolute atomic E-state index is 13.0. The number of aromatic carboxylic acids is 1. The number of carbonyl (C=O) groups excluding carboxylic acids is 1. The van der Waals surface area contributed by atoms with Crippen LogP contribution in [0, 0.1) is 0 Å². The van der Waals surface area contributed by atoms with Gasteiger partial charge in [-0.15, -0.1) is 11.3 Å². The Hall–Kier alpha value is -3.91. The van der Waals surface area contributed by atoms with Crippen LogP contribution in [0.3, 0.4) is 0 Å². The first-order valence-electron chi connectivity index (χ1n) is 9.27. The molecule has 2 heterocycles. The number of hydrogen-bond donors (Lipinski definition) is 1. The highest BCUT2D eigenvalue weighted by molar-refractivity contribution is 7.16. The molecule has 0 unspecified atom stereocenters. The molecule has 0 fully saturated rings. The Morgan fingerprint density at radius 1 is 0.871 bits per heavy atom. The minimum Gasteiger partial charge on any atom is -0.497 e. The SMILES string of the molecule is COc1ccc(-c2cc(C(=O)c3ccc(C(=O)O)s3)nn2-c2ccc(OC)cc2)cc1. The van der Waals surface area contributed by atoms with Gasteiger partial charge >= 0.3 is 5.97 Å². The third kappa shape index (κ3) is 4.06. The van der Waals surface area contributed by atoms with E-state index in [-0.39, 0.29) is 16.4 Å². The lowest BCUT2D eigenvalue weighted by Gasteiger charge is -2.09. The molecule has 0 amide bonds. The van der Waals surface area contributed by atoms with E-state index in [9.17, 15) is 9.59 Å². The number of ketones is 1. The van der Waals surface area contributed by atoms with E-state index in [0.717, 1.165) is 28.3 Å². The molecule has 0 saturated carbocycles. The van der Waals surface area contributed by atoms with Gasteiger partial charge in [-0.05, 0) is 66.7 Å². The zero-order valence-electron chi connectivity index (χ0n) is 16.7. The van der Waals surface area contributed by atoms with Crippen LogP contribution in [0.2, 0.25) is 0 Å². The van der Waals surface area contributed by atoms with E-state index in [1.807, 2.05) is 48.5 Å². The summed E-state index contributed by atoms with van der Waals surface area (Å²) in [7, 11) is 3.19. The van der Waals surface area contributed by atoms with Crippen molar-refractivity contribution in [3.63, 3.8) is 0 Å². The number of carbonyl (C=O) groups is 2. The Morgan fingerprint density at radius 3 is 2.00 bits per heavy atom. The lowest BCUT2D eigenvalue weighted by atomic mass is 10.1. The molecule has 0 aliphatic rings. The van der Waals surface area contributed by atoms with Gasteiger partial charge in [0.15, 0.2) is 0 Å². The quantitative estimate of drug-likeness (QED) is 0.429. The molecule has 2 aromatic heterocycles. The number of carboxylic acids is 1. The summed E-state index contributed by atoms with van der Waals surface area (Å²) in [5.41, 5.74) is 2.54. The van der Waals surface area contributed by atoms with Crippen LogP contribution >= 0.6 is 11.3 Å². The number of nitrogens with zero attached hydrogens (tertiary/aromatic N) is 2. The molecule has 0 aliphatic heterocycles. The summed E-state index contributed by atoms with van der Waals surface area (Å²) in [4.78, 5) is 24.6. The van der Waals surface area contributed by atoms with Crippen LogP contribution in [-0.4, -0.2) is 40.9 Å². The first-order chi connectivity index (χ1) is 15.0. The predicted molar refractivity (Wildman–Crippen MR) is 117 cm³/mol. The molecule has 8 heteroatoms. The number of aromatic nitrogens is 2. The Bertz CT molecular complexity index is 1170. The third-order valence-corrected chi connectivity index (χ3v) is 5.76. The van der Waals surface area contributed by atoms with Crippen molar-refractivity contribution >= 4 is 23.1 Å². The fourth-order valence-electron chi connectivity index (χ4n) is 3.08. The van der Waals surface area contributed by atoms with Crippen molar-refractivity contribution in [3.05, 3.63) is 82.2 Å². The highest BCUT2D eigenvalue weighted by Gasteiger charge is 2.21. The van der Waals surface area contributed by atoms with E-state index in [1.165, 1.54) is 12.1 Å². The molecule has 0 atom stereocenters. The fraction of sp³-hybridized carbons (Fsp3) is 0.0870. The van der Waals surface area contributed by atoms with E-state index in [1.54, 1.807) is 25.0 Å². The van der Waals surface area contributed by atoms with Crippen molar-refractivity contribution < 1.29 is 24.2 Å². The van der Waals surface area contributed by atoms with Crippen molar-refractivity contribution in [1.82, 2.24) is 9.78 Å². The second-order valence-electron chi connectivity index (χ2n) is 6.55. The van der Waals surface area contributed by atoms with Gasteiger partial charge in [0.2, 0.25) is 5.78 Å². The Labute approximate surface area is 182 Å². The van der Waals surface area contributed by atoms with Crippen molar-refractivity contribution in [2.75, 3.05) is 14.2 Å². The molecule has 0 aliphatic carbocycles. The Morgan fingerprint density at radius 2 is 1.45 bits per heavy atom. The minimum atomic E-state index is -1.06. The number of carboxylic acid groups (broad SMARTS) is 1. The van der Waals surface area contributed by atoms with Gasteiger partial charge in [0, 0.05) is 5.56 Å². The number of ether oxygens (including phenoxy) is 2. The predicted octanol–water partition coefficient (Wildman–Crippen LogP) is 4.55. The second kappa shape index (κ2) is 8.45. The van der Waals surface area contributed by atoms with Crippen LogP contribution in [-0.2, 0) is 0 Å². The first-order valence-corrected chi connectivity index (χ1v) is 10.1. The van der Waals surface area contributed by atoms with Gasteiger partial charge in [0.1, 0.15) is 22.1 Å². The van der Waals surface area contributed by atoms with Crippen molar-refractivity contribution in [3.8, 4) is 28.4 Å². The second-order valence-corrected chi connectivity index (χ2v) is 7.64. The summed E-state index contributed by atoms with van der Waals surface area (Å²) in [6, 6.07) is 19.4. The summed E-state index contributed by atoms with van der Waals surface area (Å²) in [6.07, 6.45) is 0. The zero-order chi connectivity index (χ0) is 22.0. The molecule has 1 N–H and O–H groups in total. The molecule has 4 aromatic rings. The molecule has 4 rings (SSSR count). The number of thiophene rings is 1. The van der Waals surface area contributed by atoms with Gasteiger partial charge in [-0.25, -0.2) is 9.48 Å². The normalized spacial score (nSPS) is 10.6. The van der Waals surface area contributed by atoms with Crippen molar-refractivity contribution in [2.45, 2.75) is 0 Å². The maximum Gasteiger partial charge on any atom is 0.345 e. The van der Waals surface area contributed by atoms with Gasteiger partial charge in [-0.1, -0.05) is 0 Å². The third-order valence-electron chi connectivity index (χ3n) is 4.69. The van der Waals surface area contributed by atoms with Crippen LogP contribution < -0.4 is 9.47 Å². The van der Waals surface area contributed by atoms with Crippen LogP contribution in [0.1, 0.15) is 25.0 Å². The number of methoxy groups -OCH3 is 2. The monoisotopic (exact) mass is 434 g/mol. The van der Waals surface area contributed by atoms with Gasteiger partial charge in [0.25, 0.3) is 0 Å². The molecule has 31 heavy (non-hydrogen) atoms. The van der Waals surface area contributed by atoms with E-state index < -0.39 is 5.97 Å². The molecule has 0 saturated heterocycles. The first kappa shape index (κ1) is 20.4. The van der Waals surface area contributed by atoms with Crippen molar-refractivity contribution in [1.29, 1.82) is 0 Å². The molecular formula is C23H18N2O5S. The largest absolute Gasteiger partial charge is 0.497 e. The highest BCUT2D eigenvalue weighted by Crippen LogP contribution is 2.28. The highest BCUT2D eigenvalue weighted by atomic mass is 32.1. The van der Waals surface area contributed by atoms with Gasteiger partial charge in [-0.2, -0.15) is 5.10 Å². The average molecular weight is 434 g/mol. The molecule has 0 bridgehead atoms. The van der Waals surface area contributed by atoms with Crippen LogP contribution in [0.25, 0.3) is 16.9 Å². The van der Waals surface area contributed by atoms with Gasteiger partial charge < -0.3 is 14.6 Å². The summed E-state index contributed by atoms with van der Waals surface area (Å²) in [6.45, 7) is 0. The van der Waals surface area contributed by atoms with E-state index in [0.29, 0.717) is 16.3 Å². The lowest BCUT2D eigenvalue weighted by Crippen LogP contribution is -2.03. The molecule has 156 valence electrons. The van der Waals surface area contributed by atoms with E-state index in [4.69, 9.17) is 14.6 Å². The van der Waals surface area contributed by atoms with Crippen molar-refractivity contribution in [2.24, 2.45) is 0 Å². The fourth-order valence-corrected chi connectivity index (χ4v) is 3.87. The molecular weight excluding hydrogens is 416 g/mol. The molecule has 0 spiro atoms. The molecule has 7 nitrogen and oxygen atoms in total. The van der Waals surface area contributed by atoms with Crippen LogP contribution in [0.5, 0.6) is 11.5 Å². The zero-order valence-corrected chi connectivity index (χ0v) is 17.6. The van der Waals surface area contributed by atoms with E-state index in [2.05, 4.69) is 5.10 Å². The average Bonchev–Trinajstić information content (AvgIpc) is 3.47. The summed E-state index contributed by atoms with van der Waals surface area (Å²) >= 11 is 0.929. The summed E-state index contributed by atoms with van der Waals surface area (Å²) < 4.78 is 12.1. The van der Waals surface area contributed by atoms with Gasteiger partial charge in [-0.3, -0.25) is 4.79 Å². The maximum atomic E-state index is 13.0.